The monoisotopic (exact) mass is 1450 g/mol. The number of aliphatic carboxylic acids is 3. The lowest BCUT2D eigenvalue weighted by Crippen LogP contribution is -2.46. The lowest BCUT2D eigenvalue weighted by atomic mass is 9.85. The topological polar surface area (TPSA) is 486 Å². The molecule has 10 rings (SSSR count). The number of benzene rings is 5. The summed E-state index contributed by atoms with van der Waals surface area (Å²) in [6.07, 6.45) is -1.33. The summed E-state index contributed by atoms with van der Waals surface area (Å²) in [4.78, 5) is 167. The minimum Gasteiger partial charge on any atom is -0.481 e. The Hall–Kier alpha value is -11.4. The van der Waals surface area contributed by atoms with Crippen molar-refractivity contribution in [3.63, 3.8) is 0 Å². The number of hydrogen-bond acceptors (Lipinski definition) is 19. The number of nitrogens with one attached hydrogen (secondary N) is 10. The van der Waals surface area contributed by atoms with Gasteiger partial charge in [0, 0.05) is 118 Å². The molecule has 2 unspecified atom stereocenters. The number of ketones is 2. The van der Waals surface area contributed by atoms with Gasteiger partial charge in [-0.2, -0.15) is 4.98 Å². The van der Waals surface area contributed by atoms with Crippen molar-refractivity contribution in [3.8, 4) is 0 Å². The van der Waals surface area contributed by atoms with E-state index >= 15 is 0 Å². The second kappa shape index (κ2) is 33.2. The lowest BCUT2D eigenvalue weighted by molar-refractivity contribution is -0.144. The number of carboxylic acids is 3. The molecule has 530 valence electrons. The molecular formula is C69H71ClN16O14S2. The van der Waals surface area contributed by atoms with Crippen molar-refractivity contribution >= 4 is 171 Å². The van der Waals surface area contributed by atoms with Crippen LogP contribution in [0.2, 0.25) is 0 Å². The van der Waals surface area contributed by atoms with Gasteiger partial charge in [0.05, 0.1) is 30.8 Å². The molecule has 33 heteroatoms. The van der Waals surface area contributed by atoms with Gasteiger partial charge in [-0.25, -0.2) is 19.6 Å². The predicted octanol–water partition coefficient (Wildman–Crippen LogP) is 7.40. The van der Waals surface area contributed by atoms with Crippen LogP contribution < -0.4 is 53.8 Å². The number of nitrogens with zero attached hydrogens (tertiary/aromatic N) is 4. The summed E-state index contributed by atoms with van der Waals surface area (Å²) in [5.41, 5.74) is 17.3. The number of nitrogens with two attached hydrogens (primary N) is 2. The number of aromatic nitrogens is 6. The number of guanidine groups is 1. The maximum atomic E-state index is 14.1. The number of amides is 5. The fourth-order valence-corrected chi connectivity index (χ4v) is 14.3. The first-order chi connectivity index (χ1) is 48.9. The van der Waals surface area contributed by atoms with E-state index in [0.717, 1.165) is 49.2 Å². The number of carboxylic acid groups (broad SMARTS) is 3. The van der Waals surface area contributed by atoms with Crippen LogP contribution in [0.4, 0.5) is 28.7 Å². The smallest absolute Gasteiger partial charge is 0.327 e. The maximum Gasteiger partial charge on any atom is 0.327 e. The van der Waals surface area contributed by atoms with Gasteiger partial charge in [0.15, 0.2) is 17.1 Å². The van der Waals surface area contributed by atoms with Crippen LogP contribution in [0.15, 0.2) is 114 Å². The molecule has 102 heavy (non-hydrogen) atoms. The largest absolute Gasteiger partial charge is 0.481 e. The average molecular weight is 1450 g/mol. The standard InChI is InChI=1S/C69H71ClN16O14S2/c1-34-21-54-58(47-7-3-2-6-46(34)47)40(29-70)32-86(54)65(96)52-26-38-23-43(13-16-49(38)81-52)79-63(94)51-25-37-22-42(12-15-48(37)80-51)77-56(89)18-20-101-102-33-53(67(99)100)83-62(93)39(28-57(90)91)27-55(88)36(5-4-19-74-68(71)72)24-45(87)14-17-50(66(97)98)82-61(92)35-8-10-41(11-9-35)75-30-44-31-76-60-59(78-44)64(95)85-69(73)84-60/h2-3,6-13,15-16,21-23,25-26,31,36,39-40,50,53,75,80-81H,4-5,14,17-20,24,27-30,32-33H2,1H3,(H,77,89)(H,79,94)(H,82,92)(H,83,93)(H,90,91)(H,97,98)(H,99,100)(H4,71,72,74)(H3,73,76,84,85,95)/t36-,39+,40?,50+,53?/m0/s1. The highest BCUT2D eigenvalue weighted by Gasteiger charge is 2.36. The third-order valence-electron chi connectivity index (χ3n) is 17.0. The Balaban J connectivity index is 0.667. The average Bonchev–Trinajstić information content (AvgIpc) is 1.58. The van der Waals surface area contributed by atoms with Crippen LogP contribution in [0.1, 0.15) is 105 Å². The Morgan fingerprint density at radius 1 is 0.735 bits per heavy atom. The zero-order chi connectivity index (χ0) is 72.9. The molecule has 0 aliphatic carbocycles. The molecule has 1 aliphatic rings. The van der Waals surface area contributed by atoms with Gasteiger partial charge in [-0.1, -0.05) is 45.9 Å². The maximum absolute atomic E-state index is 14.1. The number of Topliss-reactive ketones (excluding diaryl/α,β-unsaturated/α-hetero) is 2. The van der Waals surface area contributed by atoms with Gasteiger partial charge in [0.2, 0.25) is 17.8 Å². The highest BCUT2D eigenvalue weighted by Crippen LogP contribution is 2.44. The van der Waals surface area contributed by atoms with Crippen molar-refractivity contribution in [1.82, 2.24) is 45.9 Å². The van der Waals surface area contributed by atoms with Gasteiger partial charge in [-0.15, -0.1) is 11.6 Å². The number of nitrogen functional groups attached to an aromatic ring is 1. The van der Waals surface area contributed by atoms with Gasteiger partial charge in [0.1, 0.15) is 35.0 Å². The van der Waals surface area contributed by atoms with Crippen molar-refractivity contribution in [2.45, 2.75) is 82.8 Å². The number of alkyl halides is 1. The molecule has 0 saturated carbocycles. The molecule has 17 N–H and O–H groups in total. The van der Waals surface area contributed by atoms with E-state index in [-0.39, 0.29) is 102 Å². The summed E-state index contributed by atoms with van der Waals surface area (Å²) in [7, 11) is 2.16. The van der Waals surface area contributed by atoms with Crippen LogP contribution in [0.3, 0.4) is 0 Å². The first-order valence-corrected chi connectivity index (χ1v) is 35.2. The van der Waals surface area contributed by atoms with Crippen LogP contribution in [0.25, 0.3) is 43.7 Å². The second-order valence-electron chi connectivity index (χ2n) is 24.4. The van der Waals surface area contributed by atoms with Crippen molar-refractivity contribution in [3.05, 3.63) is 153 Å². The minimum absolute atomic E-state index is 0.0135. The second-order valence-corrected chi connectivity index (χ2v) is 27.3. The van der Waals surface area contributed by atoms with Crippen LogP contribution in [-0.4, -0.2) is 153 Å². The van der Waals surface area contributed by atoms with Crippen LogP contribution >= 0.6 is 33.2 Å². The number of aromatic amines is 3. The highest BCUT2D eigenvalue weighted by atomic mass is 35.5. The van der Waals surface area contributed by atoms with E-state index in [1.807, 2.05) is 25.1 Å². The number of halogens is 1. The van der Waals surface area contributed by atoms with Gasteiger partial charge >= 0.3 is 17.9 Å². The quantitative estimate of drug-likeness (QED) is 0.00614. The van der Waals surface area contributed by atoms with E-state index in [9.17, 15) is 68.1 Å². The Labute approximate surface area is 593 Å². The Morgan fingerprint density at radius 2 is 1.41 bits per heavy atom. The first kappa shape index (κ1) is 73.3. The van der Waals surface area contributed by atoms with E-state index in [1.54, 1.807) is 65.6 Å². The van der Waals surface area contributed by atoms with E-state index < -0.39 is 102 Å². The van der Waals surface area contributed by atoms with Crippen LogP contribution in [-0.2, 0) is 40.1 Å². The fourth-order valence-electron chi connectivity index (χ4n) is 11.9. The zero-order valence-corrected chi connectivity index (χ0v) is 57.0. The third kappa shape index (κ3) is 18.5. The van der Waals surface area contributed by atoms with Crippen LogP contribution in [0.5, 0.6) is 0 Å². The van der Waals surface area contributed by atoms with Crippen molar-refractivity contribution in [2.24, 2.45) is 17.6 Å². The van der Waals surface area contributed by atoms with Gasteiger partial charge in [0.25, 0.3) is 23.3 Å². The van der Waals surface area contributed by atoms with Crippen molar-refractivity contribution in [1.29, 1.82) is 5.41 Å². The lowest BCUT2D eigenvalue weighted by Gasteiger charge is -2.21. The number of rotatable bonds is 34. The number of carbonyl (C=O) groups is 10. The molecule has 4 aromatic heterocycles. The first-order valence-electron chi connectivity index (χ1n) is 32.2. The summed E-state index contributed by atoms with van der Waals surface area (Å²) in [6.45, 7) is 2.68. The Bertz CT molecular complexity index is 4840. The van der Waals surface area contributed by atoms with E-state index in [1.165, 1.54) is 18.3 Å². The molecule has 0 spiro atoms. The van der Waals surface area contributed by atoms with Gasteiger partial charge < -0.3 is 73.6 Å². The SMILES string of the molecule is Cc1cc2c(c3ccccc13)C(CCl)CN2C(=O)c1cc2cc(NC(=O)c3cc4cc(NC(=O)CCSSCC(NC(=O)[C@@H](CC(=O)O)CC(=O)[C@@H](CCCNC(=N)N)CC(=O)CC[C@@H](NC(=O)c5ccc(NCc6cnc7nc(N)[nH]c(=O)c7n6)cc5)C(=O)O)C(=O)O)ccc4[nH]3)ccc2[nH]1. The number of fused-ring (bicyclic) bond motifs is 6. The molecule has 5 aromatic carbocycles. The van der Waals surface area contributed by atoms with Crippen molar-refractivity contribution < 1.29 is 63.3 Å². The molecular weight excluding hydrogens is 1380 g/mol. The summed E-state index contributed by atoms with van der Waals surface area (Å²) >= 11 is 6.48. The van der Waals surface area contributed by atoms with Gasteiger partial charge in [-0.05, 0) is 127 Å². The normalized spacial score (nSPS) is 13.7. The van der Waals surface area contributed by atoms with E-state index in [0.29, 0.717) is 62.7 Å². The molecule has 0 fully saturated rings. The summed E-state index contributed by atoms with van der Waals surface area (Å²) in [5.74, 6) is -11.5. The molecule has 0 bridgehead atoms. The molecule has 30 nitrogen and oxygen atoms in total. The van der Waals surface area contributed by atoms with E-state index in [4.69, 9.17) is 28.5 Å². The molecule has 0 saturated heterocycles. The Kier molecular flexibility index (Phi) is 23.9. The highest BCUT2D eigenvalue weighted by molar-refractivity contribution is 8.76. The Morgan fingerprint density at radius 3 is 2.10 bits per heavy atom. The number of hydrogen-bond donors (Lipinski definition) is 15. The van der Waals surface area contributed by atoms with Crippen LogP contribution in [0, 0.1) is 24.2 Å². The summed E-state index contributed by atoms with van der Waals surface area (Å²) in [5, 5.41) is 57.0. The fraction of sp³-hybridized carbons (Fsp3) is 0.290. The predicted molar refractivity (Wildman–Crippen MR) is 388 cm³/mol. The minimum atomic E-state index is -1.58. The van der Waals surface area contributed by atoms with Crippen molar-refractivity contribution in [2.75, 3.05) is 57.1 Å². The number of H-pyrrole nitrogens is 3. The zero-order valence-electron chi connectivity index (χ0n) is 54.6. The molecule has 5 heterocycles. The summed E-state index contributed by atoms with van der Waals surface area (Å²) < 4.78 is 0. The number of aryl methyl sites for hydroxylation is 1. The molecule has 5 amide bonds. The third-order valence-corrected chi connectivity index (χ3v) is 19.8. The number of carbonyl (C=O) groups excluding carboxylic acids is 7. The molecule has 9 aromatic rings. The molecule has 1 aliphatic heterocycles. The summed E-state index contributed by atoms with van der Waals surface area (Å²) in [6, 6.07) is 26.7. The van der Waals surface area contributed by atoms with Gasteiger partial charge in [-0.3, -0.25) is 53.5 Å². The molecule has 5 atom stereocenters. The molecule has 0 radical (unpaired) electrons. The van der Waals surface area contributed by atoms with E-state index in [2.05, 4.69) is 73.9 Å². The number of anilines is 5.